The first-order valence-electron chi connectivity index (χ1n) is 17.0. The summed E-state index contributed by atoms with van der Waals surface area (Å²) in [5.74, 6) is 1.20. The van der Waals surface area contributed by atoms with Crippen molar-refractivity contribution in [2.75, 3.05) is 39.3 Å². The zero-order valence-electron chi connectivity index (χ0n) is 26.2. The third kappa shape index (κ3) is 7.16. The molecule has 3 aromatic carbocycles. The Labute approximate surface area is 270 Å². The summed E-state index contributed by atoms with van der Waals surface area (Å²) in [6, 6.07) is 19.7. The van der Waals surface area contributed by atoms with Gasteiger partial charge in [-0.05, 0) is 154 Å². The number of halogens is 1. The lowest BCUT2D eigenvalue weighted by Gasteiger charge is -2.41. The topological polar surface area (TPSA) is 45.2 Å². The Kier molecular flexibility index (Phi) is 9.57. The Balaban J connectivity index is 1.08. The number of likely N-dealkylation sites (tertiary alicyclic amines) is 2. The summed E-state index contributed by atoms with van der Waals surface area (Å²) in [7, 11) is 0. The van der Waals surface area contributed by atoms with Crippen molar-refractivity contribution < 1.29 is 19.0 Å². The third-order valence-electron chi connectivity index (χ3n) is 9.95. The van der Waals surface area contributed by atoms with Crippen molar-refractivity contribution in [2.24, 2.45) is 0 Å². The standard InChI is InChI=1S/C38H45FN2O3S/c39-33-25-27(10-17-35(33)44-36-9-3-2-8-34(36)41-20-4-1-5-21-41)24-32-31-16-13-29(42)26-37(31)45-38(32)28-11-14-30(15-12-28)43-23-22-40-18-6-7-19-40/h10-17,25-26,34,36,42H,1-9,18-24H2/t34-,36-/m1/s1. The average molecular weight is 629 g/mol. The Hall–Kier alpha value is -3.13. The van der Waals surface area contributed by atoms with Crippen molar-refractivity contribution in [1.82, 2.24) is 9.80 Å². The fourth-order valence-corrected chi connectivity index (χ4v) is 8.81. The molecule has 0 spiro atoms. The average Bonchev–Trinajstić information content (AvgIpc) is 3.71. The summed E-state index contributed by atoms with van der Waals surface area (Å²) in [5.41, 5.74) is 3.15. The summed E-state index contributed by atoms with van der Waals surface area (Å²) in [4.78, 5) is 6.18. The third-order valence-corrected chi connectivity index (χ3v) is 11.2. The maximum atomic E-state index is 15.7. The molecule has 1 aromatic heterocycles. The van der Waals surface area contributed by atoms with E-state index in [1.165, 1.54) is 51.6 Å². The van der Waals surface area contributed by atoms with Crippen molar-refractivity contribution >= 4 is 21.4 Å². The molecule has 0 bridgehead atoms. The van der Waals surface area contributed by atoms with Crippen molar-refractivity contribution in [3.63, 3.8) is 0 Å². The smallest absolute Gasteiger partial charge is 0.165 e. The van der Waals surface area contributed by atoms with Crippen LogP contribution in [0.4, 0.5) is 4.39 Å². The Morgan fingerprint density at radius 3 is 2.40 bits per heavy atom. The van der Waals surface area contributed by atoms with E-state index >= 15 is 4.39 Å². The van der Waals surface area contributed by atoms with Crippen LogP contribution in [0.2, 0.25) is 0 Å². The molecule has 2 atom stereocenters. The lowest BCUT2D eigenvalue weighted by Crippen LogP contribution is -2.49. The van der Waals surface area contributed by atoms with Crippen LogP contribution in [0.15, 0.2) is 60.7 Å². The van der Waals surface area contributed by atoms with E-state index in [2.05, 4.69) is 21.9 Å². The highest BCUT2D eigenvalue weighted by Crippen LogP contribution is 2.42. The summed E-state index contributed by atoms with van der Waals surface area (Å²) in [5, 5.41) is 11.3. The normalized spacial score (nSPS) is 21.4. The largest absolute Gasteiger partial charge is 0.508 e. The minimum absolute atomic E-state index is 0.0458. The van der Waals surface area contributed by atoms with Crippen LogP contribution < -0.4 is 9.47 Å². The van der Waals surface area contributed by atoms with E-state index in [-0.39, 0.29) is 17.7 Å². The minimum atomic E-state index is -0.287. The Morgan fingerprint density at radius 1 is 0.822 bits per heavy atom. The van der Waals surface area contributed by atoms with Gasteiger partial charge < -0.3 is 14.6 Å². The first-order valence-corrected chi connectivity index (χ1v) is 17.8. The van der Waals surface area contributed by atoms with E-state index in [9.17, 15) is 5.11 Å². The number of thiophene rings is 1. The number of phenolic OH excluding ortho intramolecular Hbond substituents is 1. The molecular formula is C38H45FN2O3S. The van der Waals surface area contributed by atoms with E-state index in [4.69, 9.17) is 9.47 Å². The molecule has 3 aliphatic rings. The van der Waals surface area contributed by atoms with Crippen molar-refractivity contribution in [3.05, 3.63) is 77.6 Å². The van der Waals surface area contributed by atoms with Crippen molar-refractivity contribution in [2.45, 2.75) is 76.4 Å². The van der Waals surface area contributed by atoms with Gasteiger partial charge in [-0.3, -0.25) is 9.80 Å². The van der Waals surface area contributed by atoms with Crippen LogP contribution in [0, 0.1) is 5.82 Å². The van der Waals surface area contributed by atoms with Crippen LogP contribution in [0.1, 0.15) is 68.9 Å². The molecule has 0 radical (unpaired) electrons. The van der Waals surface area contributed by atoms with Crippen LogP contribution in [-0.2, 0) is 6.42 Å². The molecular weight excluding hydrogens is 583 g/mol. The van der Waals surface area contributed by atoms with Crippen LogP contribution in [0.5, 0.6) is 17.2 Å². The highest BCUT2D eigenvalue weighted by Gasteiger charge is 2.33. The maximum absolute atomic E-state index is 15.7. The number of fused-ring (bicyclic) bond motifs is 1. The quantitative estimate of drug-likeness (QED) is 0.190. The Morgan fingerprint density at radius 2 is 1.60 bits per heavy atom. The van der Waals surface area contributed by atoms with Gasteiger partial charge >= 0.3 is 0 Å². The van der Waals surface area contributed by atoms with Crippen molar-refractivity contribution in [1.29, 1.82) is 0 Å². The lowest BCUT2D eigenvalue weighted by atomic mass is 9.90. The minimum Gasteiger partial charge on any atom is -0.508 e. The highest BCUT2D eigenvalue weighted by molar-refractivity contribution is 7.22. The Bertz CT molecular complexity index is 1580. The molecule has 2 saturated heterocycles. The van der Waals surface area contributed by atoms with Gasteiger partial charge in [0.25, 0.3) is 0 Å². The van der Waals surface area contributed by atoms with Crippen LogP contribution >= 0.6 is 11.3 Å². The fraction of sp³-hybridized carbons (Fsp3) is 0.474. The van der Waals surface area contributed by atoms with E-state index < -0.39 is 0 Å². The molecule has 3 heterocycles. The summed E-state index contributed by atoms with van der Waals surface area (Å²) in [6.45, 7) is 6.27. The molecule has 4 aromatic rings. The van der Waals surface area contributed by atoms with Gasteiger partial charge in [0.1, 0.15) is 24.2 Å². The number of nitrogens with zero attached hydrogens (tertiary/aromatic N) is 2. The van der Waals surface area contributed by atoms with E-state index in [0.29, 0.717) is 24.8 Å². The molecule has 5 nitrogen and oxygen atoms in total. The van der Waals surface area contributed by atoms with E-state index in [1.807, 2.05) is 36.4 Å². The van der Waals surface area contributed by atoms with Crippen LogP contribution in [0.25, 0.3) is 20.5 Å². The molecule has 45 heavy (non-hydrogen) atoms. The van der Waals surface area contributed by atoms with Gasteiger partial charge in [-0.2, -0.15) is 0 Å². The monoisotopic (exact) mass is 628 g/mol. The molecule has 0 amide bonds. The van der Waals surface area contributed by atoms with Crippen LogP contribution in [-0.4, -0.2) is 66.4 Å². The summed E-state index contributed by atoms with van der Waals surface area (Å²) < 4.78 is 29.2. The fourth-order valence-electron chi connectivity index (χ4n) is 7.55. The van der Waals surface area contributed by atoms with Gasteiger partial charge in [-0.1, -0.05) is 18.9 Å². The number of ether oxygens (including phenoxy) is 2. The van der Waals surface area contributed by atoms with Crippen molar-refractivity contribution in [3.8, 4) is 27.7 Å². The molecule has 2 aliphatic heterocycles. The zero-order chi connectivity index (χ0) is 30.6. The zero-order valence-corrected chi connectivity index (χ0v) is 27.0. The van der Waals surface area contributed by atoms with E-state index in [1.54, 1.807) is 23.5 Å². The van der Waals surface area contributed by atoms with Gasteiger partial charge in [0.2, 0.25) is 0 Å². The van der Waals surface area contributed by atoms with E-state index in [0.717, 1.165) is 76.3 Å². The van der Waals surface area contributed by atoms with Gasteiger partial charge in [-0.15, -0.1) is 11.3 Å². The number of aromatic hydroxyl groups is 1. The summed E-state index contributed by atoms with van der Waals surface area (Å²) >= 11 is 1.66. The number of hydrogen-bond donors (Lipinski definition) is 1. The first-order chi connectivity index (χ1) is 22.1. The number of rotatable bonds is 10. The molecule has 1 N–H and O–H groups in total. The van der Waals surface area contributed by atoms with Crippen LogP contribution in [0.3, 0.4) is 0 Å². The molecule has 0 unspecified atom stereocenters. The molecule has 3 fully saturated rings. The highest BCUT2D eigenvalue weighted by atomic mass is 32.1. The predicted octanol–water partition coefficient (Wildman–Crippen LogP) is 8.65. The van der Waals surface area contributed by atoms with Gasteiger partial charge in [0, 0.05) is 22.2 Å². The predicted molar refractivity (Wildman–Crippen MR) is 181 cm³/mol. The maximum Gasteiger partial charge on any atom is 0.165 e. The summed E-state index contributed by atoms with van der Waals surface area (Å²) in [6.07, 6.45) is 11.5. The van der Waals surface area contributed by atoms with Gasteiger partial charge in [0.05, 0.1) is 0 Å². The van der Waals surface area contributed by atoms with Gasteiger partial charge in [-0.25, -0.2) is 4.39 Å². The molecule has 7 rings (SSSR count). The first kappa shape index (κ1) is 30.5. The second-order valence-corrected chi connectivity index (χ2v) is 14.1. The number of benzene rings is 3. The number of piperidine rings is 1. The second kappa shape index (κ2) is 14.1. The number of phenols is 1. The molecule has 7 heteroatoms. The molecule has 1 saturated carbocycles. The van der Waals surface area contributed by atoms with Gasteiger partial charge in [0.15, 0.2) is 11.6 Å². The second-order valence-electron chi connectivity index (χ2n) is 13.1. The molecule has 1 aliphatic carbocycles. The number of hydrogen-bond acceptors (Lipinski definition) is 6. The lowest BCUT2D eigenvalue weighted by molar-refractivity contribution is 0.0242. The SMILES string of the molecule is Oc1ccc2c(Cc3ccc(O[C@@H]4CCCC[C@H]4N4CCCCC4)c(F)c3)c(-c3ccc(OCCN4CCCC4)cc3)sc2c1. The molecule has 238 valence electrons.